The number of para-hydroxylation sites is 3. The monoisotopic (exact) mass is 677 g/mol. The summed E-state index contributed by atoms with van der Waals surface area (Å²) in [4.78, 5) is 3.66. The van der Waals surface area contributed by atoms with Gasteiger partial charge in [-0.1, -0.05) is 78.9 Å². The van der Waals surface area contributed by atoms with Crippen LogP contribution in [0.2, 0.25) is 0 Å². The van der Waals surface area contributed by atoms with E-state index in [0.717, 1.165) is 87.6 Å². The molecule has 0 atom stereocenters. The summed E-state index contributed by atoms with van der Waals surface area (Å²) in [6.07, 6.45) is 0. The number of nitrogens with zero attached hydrogens (tertiary/aromatic N) is 2. The Labute approximate surface area is 293 Å². The highest BCUT2D eigenvalue weighted by molar-refractivity contribution is 6.38. The minimum Gasteiger partial charge on any atom is -0.504 e. The maximum atomic E-state index is 10.8. The molecule has 6 N–H and O–H groups in total. The van der Waals surface area contributed by atoms with Crippen molar-refractivity contribution >= 4 is 76.2 Å². The first-order valence-corrected chi connectivity index (χ1v) is 16.9. The molecule has 0 aliphatic carbocycles. The number of fused-ring (bicyclic) bond motifs is 8. The summed E-state index contributed by atoms with van der Waals surface area (Å²) in [5.74, 6) is -4.30. The van der Waals surface area contributed by atoms with Crippen molar-refractivity contribution in [2.75, 3.05) is 0 Å². The van der Waals surface area contributed by atoms with Crippen LogP contribution < -0.4 is 0 Å². The van der Waals surface area contributed by atoms with Crippen LogP contribution in [0, 0.1) is 0 Å². The van der Waals surface area contributed by atoms with Crippen molar-refractivity contribution in [2.24, 2.45) is 0 Å². The SMILES string of the molecule is Oc1c(O)c(O)c(-c2ccc(-n3c4c5c(cc6ccc7cc8c(c9ccccc9n8-c8ccccc8)c3c7c64)[nH]c3ccccc35)cc2)c(O)c1O. The van der Waals surface area contributed by atoms with E-state index < -0.39 is 28.7 Å². The minimum atomic E-state index is -0.993. The lowest BCUT2D eigenvalue weighted by atomic mass is 9.98. The molecule has 0 unspecified atom stereocenters. The number of H-pyrrole nitrogens is 1. The highest BCUT2D eigenvalue weighted by atomic mass is 16.4. The molecular weight excluding hydrogens is 651 g/mol. The Morgan fingerprint density at radius 1 is 0.404 bits per heavy atom. The molecule has 8 heteroatoms. The average molecular weight is 678 g/mol. The molecule has 0 saturated carbocycles. The number of aromatic amines is 1. The fourth-order valence-electron chi connectivity index (χ4n) is 8.52. The Morgan fingerprint density at radius 2 is 0.981 bits per heavy atom. The summed E-state index contributed by atoms with van der Waals surface area (Å²) in [5.41, 5.74) is 8.35. The van der Waals surface area contributed by atoms with E-state index in [1.54, 1.807) is 12.1 Å². The van der Waals surface area contributed by atoms with Gasteiger partial charge in [-0.3, -0.25) is 0 Å². The van der Waals surface area contributed by atoms with Crippen molar-refractivity contribution in [3.8, 4) is 51.2 Å². The summed E-state index contributed by atoms with van der Waals surface area (Å²) in [6.45, 7) is 0. The smallest absolute Gasteiger partial charge is 0.208 e. The Balaban J connectivity index is 1.34. The van der Waals surface area contributed by atoms with Gasteiger partial charge in [-0.15, -0.1) is 0 Å². The molecule has 0 spiro atoms. The van der Waals surface area contributed by atoms with Crippen molar-refractivity contribution in [3.63, 3.8) is 0 Å². The molecule has 0 amide bonds. The van der Waals surface area contributed by atoms with Crippen molar-refractivity contribution in [1.29, 1.82) is 0 Å². The second-order valence-electron chi connectivity index (χ2n) is 13.4. The lowest BCUT2D eigenvalue weighted by molar-refractivity contribution is 0.330. The second kappa shape index (κ2) is 9.89. The molecule has 0 fully saturated rings. The van der Waals surface area contributed by atoms with E-state index in [1.807, 2.05) is 24.3 Å². The lowest BCUT2D eigenvalue weighted by Crippen LogP contribution is -1.96. The number of hydrogen-bond acceptors (Lipinski definition) is 5. The number of aromatic hydroxyl groups is 5. The predicted molar refractivity (Wildman–Crippen MR) is 207 cm³/mol. The van der Waals surface area contributed by atoms with E-state index in [-0.39, 0.29) is 5.56 Å². The maximum absolute atomic E-state index is 10.8. The number of phenolic OH excluding ortho intramolecular Hbond substituents is 5. The normalized spacial score (nSPS) is 12.2. The van der Waals surface area contributed by atoms with Crippen molar-refractivity contribution in [2.45, 2.75) is 0 Å². The summed E-state index contributed by atoms with van der Waals surface area (Å²) < 4.78 is 4.65. The molecular formula is C44H27N3O5. The number of benzene rings is 8. The third kappa shape index (κ3) is 3.49. The fourth-order valence-corrected chi connectivity index (χ4v) is 8.52. The molecule has 3 heterocycles. The largest absolute Gasteiger partial charge is 0.504 e. The first-order valence-electron chi connectivity index (χ1n) is 16.9. The number of nitrogens with one attached hydrogen (secondary N) is 1. The van der Waals surface area contributed by atoms with Crippen LogP contribution in [-0.2, 0) is 0 Å². The Morgan fingerprint density at radius 3 is 1.71 bits per heavy atom. The molecule has 8 aromatic carbocycles. The van der Waals surface area contributed by atoms with E-state index in [2.05, 4.69) is 105 Å². The number of aromatic nitrogens is 3. The Bertz CT molecular complexity index is 3250. The summed E-state index contributed by atoms with van der Waals surface area (Å²) in [6, 6.07) is 43.4. The second-order valence-corrected chi connectivity index (χ2v) is 13.4. The average Bonchev–Trinajstić information content (AvgIpc) is 3.84. The van der Waals surface area contributed by atoms with Gasteiger partial charge >= 0.3 is 0 Å². The molecule has 0 aliphatic heterocycles. The topological polar surface area (TPSA) is 127 Å². The van der Waals surface area contributed by atoms with E-state index in [0.29, 0.717) is 5.56 Å². The van der Waals surface area contributed by atoms with E-state index in [1.165, 1.54) is 0 Å². The van der Waals surface area contributed by atoms with Gasteiger partial charge in [-0.25, -0.2) is 0 Å². The lowest BCUT2D eigenvalue weighted by Gasteiger charge is -2.14. The minimum absolute atomic E-state index is 0.194. The highest BCUT2D eigenvalue weighted by Gasteiger charge is 2.27. The van der Waals surface area contributed by atoms with Gasteiger partial charge in [0.2, 0.25) is 17.2 Å². The summed E-state index contributed by atoms with van der Waals surface area (Å²) in [5, 5.41) is 61.1. The first kappa shape index (κ1) is 28.5. The van der Waals surface area contributed by atoms with Gasteiger partial charge in [-0.05, 0) is 64.9 Å². The first-order chi connectivity index (χ1) is 25.4. The van der Waals surface area contributed by atoms with E-state index >= 15 is 0 Å². The van der Waals surface area contributed by atoms with Gasteiger partial charge in [0, 0.05) is 54.7 Å². The van der Waals surface area contributed by atoms with Crippen LogP contribution in [0.1, 0.15) is 0 Å². The Kier molecular flexibility index (Phi) is 5.42. The van der Waals surface area contributed by atoms with Crippen LogP contribution in [0.15, 0.2) is 127 Å². The zero-order chi connectivity index (χ0) is 35.0. The van der Waals surface area contributed by atoms with Gasteiger partial charge in [0.25, 0.3) is 0 Å². The van der Waals surface area contributed by atoms with Gasteiger partial charge in [-0.2, -0.15) is 0 Å². The number of rotatable bonds is 3. The quantitative estimate of drug-likeness (QED) is 0.0630. The van der Waals surface area contributed by atoms with E-state index in [4.69, 9.17) is 0 Å². The van der Waals surface area contributed by atoms with Crippen LogP contribution in [0.25, 0.3) is 98.7 Å². The molecule has 0 bridgehead atoms. The Hall–Kier alpha value is -7.32. The van der Waals surface area contributed by atoms with Crippen molar-refractivity contribution < 1.29 is 25.5 Å². The van der Waals surface area contributed by atoms with Gasteiger partial charge < -0.3 is 39.7 Å². The highest BCUT2D eigenvalue weighted by Crippen LogP contribution is 2.55. The van der Waals surface area contributed by atoms with Crippen LogP contribution in [-0.4, -0.2) is 39.7 Å². The molecule has 52 heavy (non-hydrogen) atoms. The molecule has 248 valence electrons. The predicted octanol–water partition coefficient (Wildman–Crippen LogP) is 10.3. The molecule has 0 aliphatic rings. The van der Waals surface area contributed by atoms with Crippen LogP contribution >= 0.6 is 0 Å². The molecule has 3 aromatic heterocycles. The number of phenols is 5. The van der Waals surface area contributed by atoms with Crippen LogP contribution in [0.5, 0.6) is 28.7 Å². The van der Waals surface area contributed by atoms with E-state index in [9.17, 15) is 25.5 Å². The maximum Gasteiger partial charge on any atom is 0.208 e. The fraction of sp³-hybridized carbons (Fsp3) is 0. The molecule has 0 radical (unpaired) electrons. The van der Waals surface area contributed by atoms with Gasteiger partial charge in [0.15, 0.2) is 11.5 Å². The molecule has 8 nitrogen and oxygen atoms in total. The van der Waals surface area contributed by atoms with Crippen LogP contribution in [0.3, 0.4) is 0 Å². The zero-order valence-corrected chi connectivity index (χ0v) is 27.3. The third-order valence-corrected chi connectivity index (χ3v) is 10.7. The third-order valence-electron chi connectivity index (χ3n) is 10.7. The molecule has 0 saturated heterocycles. The van der Waals surface area contributed by atoms with Crippen molar-refractivity contribution in [1.82, 2.24) is 14.1 Å². The molecule has 11 aromatic rings. The summed E-state index contributed by atoms with van der Waals surface area (Å²) in [7, 11) is 0. The van der Waals surface area contributed by atoms with Gasteiger partial charge in [0.1, 0.15) is 0 Å². The van der Waals surface area contributed by atoms with Crippen LogP contribution in [0.4, 0.5) is 0 Å². The zero-order valence-electron chi connectivity index (χ0n) is 27.3. The molecule has 11 rings (SSSR count). The number of hydrogen-bond donors (Lipinski definition) is 6. The van der Waals surface area contributed by atoms with Gasteiger partial charge in [0.05, 0.1) is 27.6 Å². The van der Waals surface area contributed by atoms with Crippen molar-refractivity contribution in [3.05, 3.63) is 127 Å². The summed E-state index contributed by atoms with van der Waals surface area (Å²) >= 11 is 0. The standard InChI is InChI=1S/C44H27N3O5/c48-40-35(41(49)43(51)44(52)42(40)50)22-16-18-26(19-17-22)47-38-33-23(20-30-36(38)27-10-4-6-12-29(27)45-30)14-15-24-21-32-37(39(47)34(24)33)28-11-5-7-13-31(28)46(32)25-8-2-1-3-9-25/h1-21,45,48-52H.